The first kappa shape index (κ1) is 18.4. The van der Waals surface area contributed by atoms with Crippen LogP contribution in [0.2, 0.25) is 5.02 Å². The number of halogens is 1. The monoisotopic (exact) mass is 399 g/mol. The van der Waals surface area contributed by atoms with Crippen molar-refractivity contribution in [3.63, 3.8) is 0 Å². The average molecular weight is 400 g/mol. The Labute approximate surface area is 169 Å². The summed E-state index contributed by atoms with van der Waals surface area (Å²) in [5.74, 6) is -0.0315. The standard InChI is InChI=1S/C21H22ClN3OS/c1-15-5-7-18(8-6-15)24-9-11-25(12-10-24)21-23-20(26)19(27-21)14-16-3-2-4-17(22)13-16/h2-8,13,19H,9-12,14H2,1H3. The Bertz CT molecular complexity index is 860. The summed E-state index contributed by atoms with van der Waals surface area (Å²) in [6, 6.07) is 16.4. The van der Waals surface area contributed by atoms with Crippen LogP contribution in [-0.4, -0.2) is 47.4 Å². The SMILES string of the molecule is Cc1ccc(N2CCN(C3=NC(=O)C(Cc4cccc(Cl)c4)S3)CC2)cc1. The first-order chi connectivity index (χ1) is 13.1. The van der Waals surface area contributed by atoms with Crippen molar-refractivity contribution in [3.05, 3.63) is 64.7 Å². The number of aryl methyl sites for hydroxylation is 1. The molecule has 0 aliphatic carbocycles. The molecule has 2 aliphatic rings. The van der Waals surface area contributed by atoms with E-state index < -0.39 is 0 Å². The van der Waals surface area contributed by atoms with E-state index in [2.05, 4.69) is 46.0 Å². The van der Waals surface area contributed by atoms with E-state index in [-0.39, 0.29) is 11.2 Å². The molecule has 1 fully saturated rings. The molecule has 1 unspecified atom stereocenters. The number of aliphatic imine (C=N–C) groups is 1. The molecule has 1 saturated heterocycles. The summed E-state index contributed by atoms with van der Waals surface area (Å²) in [6.07, 6.45) is 0.667. The highest BCUT2D eigenvalue weighted by atomic mass is 35.5. The number of amides is 1. The number of rotatable bonds is 3. The van der Waals surface area contributed by atoms with Crippen LogP contribution in [0, 0.1) is 6.92 Å². The zero-order chi connectivity index (χ0) is 18.8. The molecule has 2 heterocycles. The van der Waals surface area contributed by atoms with E-state index in [0.29, 0.717) is 11.4 Å². The second-order valence-corrected chi connectivity index (χ2v) is 8.59. The second-order valence-electron chi connectivity index (χ2n) is 6.98. The van der Waals surface area contributed by atoms with Gasteiger partial charge in [-0.2, -0.15) is 4.99 Å². The van der Waals surface area contributed by atoms with Crippen LogP contribution in [0.1, 0.15) is 11.1 Å². The van der Waals surface area contributed by atoms with Crippen molar-refractivity contribution in [1.29, 1.82) is 0 Å². The quantitative estimate of drug-likeness (QED) is 0.781. The molecule has 140 valence electrons. The summed E-state index contributed by atoms with van der Waals surface area (Å²) >= 11 is 7.65. The van der Waals surface area contributed by atoms with Crippen molar-refractivity contribution in [2.45, 2.75) is 18.6 Å². The summed E-state index contributed by atoms with van der Waals surface area (Å²) in [4.78, 5) is 21.3. The lowest BCUT2D eigenvalue weighted by molar-refractivity contribution is -0.117. The fraction of sp³-hybridized carbons (Fsp3) is 0.333. The summed E-state index contributed by atoms with van der Waals surface area (Å²) in [5, 5.41) is 1.43. The minimum Gasteiger partial charge on any atom is -0.368 e. The van der Waals surface area contributed by atoms with Gasteiger partial charge in [0.15, 0.2) is 5.17 Å². The number of carbonyl (C=O) groups excluding carboxylic acids is 1. The summed E-state index contributed by atoms with van der Waals surface area (Å²) < 4.78 is 0. The minimum atomic E-state index is -0.145. The van der Waals surface area contributed by atoms with Gasteiger partial charge < -0.3 is 9.80 Å². The maximum absolute atomic E-state index is 12.4. The third-order valence-electron chi connectivity index (χ3n) is 4.99. The highest BCUT2D eigenvalue weighted by Crippen LogP contribution is 2.29. The van der Waals surface area contributed by atoms with Crippen molar-refractivity contribution < 1.29 is 4.79 Å². The van der Waals surface area contributed by atoms with Crippen LogP contribution in [0.5, 0.6) is 0 Å². The number of hydrogen-bond acceptors (Lipinski definition) is 4. The fourth-order valence-electron chi connectivity index (χ4n) is 3.43. The predicted octanol–water partition coefficient (Wildman–Crippen LogP) is 4.01. The first-order valence-corrected chi connectivity index (χ1v) is 10.4. The number of benzene rings is 2. The lowest BCUT2D eigenvalue weighted by atomic mass is 10.1. The molecule has 4 nitrogen and oxygen atoms in total. The zero-order valence-corrected chi connectivity index (χ0v) is 16.8. The molecule has 1 atom stereocenters. The van der Waals surface area contributed by atoms with Gasteiger partial charge in [-0.1, -0.05) is 53.2 Å². The lowest BCUT2D eigenvalue weighted by Gasteiger charge is -2.36. The van der Waals surface area contributed by atoms with E-state index in [9.17, 15) is 4.79 Å². The number of amidine groups is 1. The molecule has 0 N–H and O–H groups in total. The normalized spacial score (nSPS) is 20.1. The van der Waals surface area contributed by atoms with Gasteiger partial charge in [-0.3, -0.25) is 4.79 Å². The third-order valence-corrected chi connectivity index (χ3v) is 6.44. The topological polar surface area (TPSA) is 35.9 Å². The highest BCUT2D eigenvalue weighted by Gasteiger charge is 2.32. The number of hydrogen-bond donors (Lipinski definition) is 0. The summed E-state index contributed by atoms with van der Waals surface area (Å²) in [7, 11) is 0. The number of thioether (sulfide) groups is 1. The number of nitrogens with zero attached hydrogens (tertiary/aromatic N) is 3. The van der Waals surface area contributed by atoms with E-state index in [1.165, 1.54) is 11.3 Å². The van der Waals surface area contributed by atoms with E-state index in [0.717, 1.165) is 36.9 Å². The van der Waals surface area contributed by atoms with Gasteiger partial charge in [-0.05, 0) is 43.2 Å². The number of anilines is 1. The van der Waals surface area contributed by atoms with Crippen LogP contribution >= 0.6 is 23.4 Å². The Hall–Kier alpha value is -1.98. The first-order valence-electron chi connectivity index (χ1n) is 9.19. The van der Waals surface area contributed by atoms with Crippen molar-refractivity contribution in [2.24, 2.45) is 4.99 Å². The molecule has 1 amide bonds. The predicted molar refractivity (Wildman–Crippen MR) is 114 cm³/mol. The Morgan fingerprint density at radius 1 is 1.07 bits per heavy atom. The zero-order valence-electron chi connectivity index (χ0n) is 15.3. The smallest absolute Gasteiger partial charge is 0.262 e. The van der Waals surface area contributed by atoms with Gasteiger partial charge in [0, 0.05) is 36.9 Å². The van der Waals surface area contributed by atoms with Gasteiger partial charge in [-0.15, -0.1) is 0 Å². The minimum absolute atomic E-state index is 0.0315. The molecular formula is C21H22ClN3OS. The molecule has 0 spiro atoms. The molecule has 0 aromatic heterocycles. The van der Waals surface area contributed by atoms with E-state index in [4.69, 9.17) is 11.6 Å². The van der Waals surface area contributed by atoms with E-state index in [1.54, 1.807) is 11.8 Å². The fourth-order valence-corrected chi connectivity index (χ4v) is 4.81. The number of carbonyl (C=O) groups is 1. The van der Waals surface area contributed by atoms with Gasteiger partial charge in [0.2, 0.25) is 0 Å². The Morgan fingerprint density at radius 2 is 1.78 bits per heavy atom. The van der Waals surface area contributed by atoms with Crippen molar-refractivity contribution in [1.82, 2.24) is 4.90 Å². The van der Waals surface area contributed by atoms with Gasteiger partial charge in [0.05, 0.1) is 5.25 Å². The Kier molecular flexibility index (Phi) is 5.41. The molecule has 6 heteroatoms. The molecule has 2 aliphatic heterocycles. The van der Waals surface area contributed by atoms with Crippen LogP contribution < -0.4 is 4.90 Å². The summed E-state index contributed by atoms with van der Waals surface area (Å²) in [5.41, 5.74) is 3.61. The lowest BCUT2D eigenvalue weighted by Crippen LogP contribution is -2.47. The third kappa shape index (κ3) is 4.30. The van der Waals surface area contributed by atoms with Crippen molar-refractivity contribution in [3.8, 4) is 0 Å². The Morgan fingerprint density at radius 3 is 2.48 bits per heavy atom. The highest BCUT2D eigenvalue weighted by molar-refractivity contribution is 8.15. The van der Waals surface area contributed by atoms with Crippen molar-refractivity contribution in [2.75, 3.05) is 31.1 Å². The van der Waals surface area contributed by atoms with Gasteiger partial charge in [0.1, 0.15) is 0 Å². The molecule has 4 rings (SSSR count). The van der Waals surface area contributed by atoms with Gasteiger partial charge >= 0.3 is 0 Å². The molecule has 2 aromatic carbocycles. The van der Waals surface area contributed by atoms with Crippen molar-refractivity contribution >= 4 is 40.1 Å². The van der Waals surface area contributed by atoms with Crippen LogP contribution in [0.15, 0.2) is 53.5 Å². The van der Waals surface area contributed by atoms with Crippen LogP contribution in [0.4, 0.5) is 5.69 Å². The molecule has 0 bridgehead atoms. The maximum Gasteiger partial charge on any atom is 0.262 e. The number of piperazine rings is 1. The van der Waals surface area contributed by atoms with Crippen LogP contribution in [0.3, 0.4) is 0 Å². The maximum atomic E-state index is 12.4. The molecule has 0 saturated carbocycles. The Balaban J connectivity index is 1.34. The van der Waals surface area contributed by atoms with Crippen LogP contribution in [0.25, 0.3) is 0 Å². The molecule has 2 aromatic rings. The van der Waals surface area contributed by atoms with E-state index in [1.807, 2.05) is 24.3 Å². The molecular weight excluding hydrogens is 378 g/mol. The average Bonchev–Trinajstić information content (AvgIpc) is 3.03. The summed E-state index contributed by atoms with van der Waals surface area (Å²) in [6.45, 7) is 5.76. The van der Waals surface area contributed by atoms with Gasteiger partial charge in [-0.25, -0.2) is 0 Å². The van der Waals surface area contributed by atoms with Crippen LogP contribution in [-0.2, 0) is 11.2 Å². The second kappa shape index (κ2) is 7.95. The largest absolute Gasteiger partial charge is 0.368 e. The van der Waals surface area contributed by atoms with Gasteiger partial charge in [0.25, 0.3) is 5.91 Å². The van der Waals surface area contributed by atoms with E-state index >= 15 is 0 Å². The molecule has 27 heavy (non-hydrogen) atoms. The molecule has 0 radical (unpaired) electrons.